The molecule has 0 spiro atoms. The van der Waals surface area contributed by atoms with E-state index in [9.17, 15) is 10.1 Å². The second-order valence-electron chi connectivity index (χ2n) is 8.49. The van der Waals surface area contributed by atoms with E-state index in [1.165, 1.54) is 31.8 Å². The number of pyridine rings is 1. The average Bonchev–Trinajstić information content (AvgIpc) is 2.62. The Labute approximate surface area is 167 Å². The third kappa shape index (κ3) is 3.15. The first-order valence-electron chi connectivity index (χ1n) is 9.66. The highest BCUT2D eigenvalue weighted by atomic mass is 35.5. The smallest absolute Gasteiger partial charge is 0.353 e. The van der Waals surface area contributed by atoms with E-state index in [1.54, 1.807) is 12.1 Å². The summed E-state index contributed by atoms with van der Waals surface area (Å²) in [6.45, 7) is 0. The minimum Gasteiger partial charge on any atom is -0.359 e. The maximum Gasteiger partial charge on any atom is 0.353 e. The van der Waals surface area contributed by atoms with Crippen LogP contribution >= 0.6 is 11.6 Å². The van der Waals surface area contributed by atoms with Crippen molar-refractivity contribution in [3.63, 3.8) is 0 Å². The van der Waals surface area contributed by atoms with Gasteiger partial charge in [0.15, 0.2) is 0 Å². The lowest BCUT2D eigenvalue weighted by atomic mass is 9.53. The predicted molar refractivity (Wildman–Crippen MR) is 106 cm³/mol. The van der Waals surface area contributed by atoms with Gasteiger partial charge in [0.05, 0.1) is 9.95 Å². The van der Waals surface area contributed by atoms with E-state index in [2.05, 4.69) is 25.6 Å². The van der Waals surface area contributed by atoms with Gasteiger partial charge < -0.3 is 10.6 Å². The quantitative estimate of drug-likeness (QED) is 0.559. The highest BCUT2D eigenvalue weighted by Gasteiger charge is 2.51. The number of anilines is 3. The molecule has 9 heteroatoms. The molecular weight excluding hydrogens is 380 g/mol. The molecule has 8 nitrogen and oxygen atoms in total. The van der Waals surface area contributed by atoms with Crippen LogP contribution in [0.5, 0.6) is 0 Å². The molecule has 0 aromatic carbocycles. The van der Waals surface area contributed by atoms with E-state index in [0.717, 1.165) is 37.0 Å². The zero-order valence-electron chi connectivity index (χ0n) is 15.3. The summed E-state index contributed by atoms with van der Waals surface area (Å²) in [5, 5.41) is 18.8. The molecule has 4 saturated carbocycles. The number of hydrogen-bond acceptors (Lipinski definition) is 7. The van der Waals surface area contributed by atoms with Crippen LogP contribution in [0.1, 0.15) is 38.5 Å². The molecule has 4 bridgehead atoms. The topological polar surface area (TPSA) is 106 Å². The number of nitrogens with one attached hydrogen (secondary N) is 2. The zero-order valence-corrected chi connectivity index (χ0v) is 16.0. The minimum atomic E-state index is -0.429. The summed E-state index contributed by atoms with van der Waals surface area (Å²) in [6.07, 6.45) is 9.97. The first kappa shape index (κ1) is 17.6. The van der Waals surface area contributed by atoms with Gasteiger partial charge in [-0.2, -0.15) is 0 Å². The normalized spacial score (nSPS) is 30.2. The van der Waals surface area contributed by atoms with Gasteiger partial charge in [0.2, 0.25) is 11.6 Å². The molecule has 4 fully saturated rings. The van der Waals surface area contributed by atoms with E-state index < -0.39 is 4.92 Å². The molecule has 0 aliphatic heterocycles. The Bertz CT molecular complexity index is 884. The highest BCUT2D eigenvalue weighted by molar-refractivity contribution is 6.30. The third-order valence-electron chi connectivity index (χ3n) is 6.40. The second kappa shape index (κ2) is 6.55. The molecule has 6 rings (SSSR count). The van der Waals surface area contributed by atoms with Gasteiger partial charge in [-0.05, 0) is 68.4 Å². The lowest BCUT2D eigenvalue weighted by Crippen LogP contribution is -2.55. The van der Waals surface area contributed by atoms with Crippen molar-refractivity contribution in [1.82, 2.24) is 15.0 Å². The Morgan fingerprint density at radius 3 is 2.25 bits per heavy atom. The maximum absolute atomic E-state index is 11.9. The van der Waals surface area contributed by atoms with Crippen molar-refractivity contribution in [2.45, 2.75) is 44.1 Å². The van der Waals surface area contributed by atoms with Gasteiger partial charge in [0.25, 0.3) is 0 Å². The van der Waals surface area contributed by atoms with Gasteiger partial charge in [-0.1, -0.05) is 11.6 Å². The highest BCUT2D eigenvalue weighted by Crippen LogP contribution is 2.57. The number of nitro groups is 1. The first-order chi connectivity index (χ1) is 13.5. The summed E-state index contributed by atoms with van der Waals surface area (Å²) in [4.78, 5) is 23.9. The van der Waals surface area contributed by atoms with Crippen molar-refractivity contribution in [2.75, 3.05) is 10.6 Å². The summed E-state index contributed by atoms with van der Waals surface area (Å²) < 4.78 is 0. The van der Waals surface area contributed by atoms with E-state index >= 15 is 0 Å². The average molecular weight is 401 g/mol. The van der Waals surface area contributed by atoms with Gasteiger partial charge in [0.1, 0.15) is 12.1 Å². The summed E-state index contributed by atoms with van der Waals surface area (Å²) in [6, 6.07) is 3.32. The van der Waals surface area contributed by atoms with Gasteiger partial charge in [-0.25, -0.2) is 15.0 Å². The molecule has 0 atom stereocenters. The van der Waals surface area contributed by atoms with Crippen LogP contribution in [0.25, 0.3) is 0 Å². The number of rotatable bonds is 5. The molecule has 2 heterocycles. The van der Waals surface area contributed by atoms with Crippen molar-refractivity contribution in [3.8, 4) is 0 Å². The summed E-state index contributed by atoms with van der Waals surface area (Å²) in [7, 11) is 0. The van der Waals surface area contributed by atoms with Crippen molar-refractivity contribution < 1.29 is 4.92 Å². The number of aromatic nitrogens is 3. The molecule has 4 aliphatic rings. The fraction of sp³-hybridized carbons (Fsp3) is 0.526. The van der Waals surface area contributed by atoms with Gasteiger partial charge >= 0.3 is 5.69 Å². The standard InChI is InChI=1S/C19H21ClN6O2/c20-14-1-2-15(21-9-14)24-17-16(26(27)28)18(23-10-22-17)25-19-6-11-3-12(7-19)5-13(4-11)8-19/h1-2,9-13H,3-8H2,(H2,21,22,23,24,25). The number of halogens is 1. The number of hydrogen-bond donors (Lipinski definition) is 2. The van der Waals surface area contributed by atoms with Crippen LogP contribution in [-0.4, -0.2) is 25.4 Å². The maximum atomic E-state index is 11.9. The Morgan fingerprint density at radius 1 is 1.04 bits per heavy atom. The second-order valence-corrected chi connectivity index (χ2v) is 8.92. The molecule has 28 heavy (non-hydrogen) atoms. The van der Waals surface area contributed by atoms with Crippen LogP contribution in [0.2, 0.25) is 5.02 Å². The summed E-state index contributed by atoms with van der Waals surface area (Å²) >= 11 is 5.86. The Hall–Kier alpha value is -2.48. The van der Waals surface area contributed by atoms with Crippen molar-refractivity contribution >= 4 is 34.7 Å². The lowest BCUT2D eigenvalue weighted by Gasteiger charge is -2.57. The van der Waals surface area contributed by atoms with Crippen molar-refractivity contribution in [3.05, 3.63) is 39.8 Å². The Morgan fingerprint density at radius 2 is 1.68 bits per heavy atom. The van der Waals surface area contributed by atoms with Gasteiger partial charge in [0, 0.05) is 11.7 Å². The molecule has 2 aromatic rings. The molecule has 0 amide bonds. The molecule has 2 N–H and O–H groups in total. The molecule has 4 aliphatic carbocycles. The van der Waals surface area contributed by atoms with Crippen LogP contribution in [0.15, 0.2) is 24.7 Å². The van der Waals surface area contributed by atoms with Gasteiger partial charge in [-0.15, -0.1) is 0 Å². The molecule has 146 valence electrons. The molecule has 0 saturated heterocycles. The van der Waals surface area contributed by atoms with E-state index in [1.807, 2.05) is 0 Å². The minimum absolute atomic E-state index is 0.0797. The summed E-state index contributed by atoms with van der Waals surface area (Å²) in [5.41, 5.74) is -0.223. The largest absolute Gasteiger partial charge is 0.359 e. The van der Waals surface area contributed by atoms with Crippen molar-refractivity contribution in [2.24, 2.45) is 17.8 Å². The Kier molecular flexibility index (Phi) is 4.12. The van der Waals surface area contributed by atoms with E-state index in [4.69, 9.17) is 11.6 Å². The Balaban J connectivity index is 1.46. The first-order valence-corrected chi connectivity index (χ1v) is 10.0. The van der Waals surface area contributed by atoms with Crippen LogP contribution in [0, 0.1) is 27.9 Å². The van der Waals surface area contributed by atoms with Crippen LogP contribution in [-0.2, 0) is 0 Å². The fourth-order valence-electron chi connectivity index (χ4n) is 5.82. The molecule has 0 unspecified atom stereocenters. The monoisotopic (exact) mass is 400 g/mol. The molecular formula is C19H21ClN6O2. The molecule has 0 radical (unpaired) electrons. The van der Waals surface area contributed by atoms with E-state index in [0.29, 0.717) is 16.7 Å². The zero-order chi connectivity index (χ0) is 19.3. The summed E-state index contributed by atoms with van der Waals surface area (Å²) in [5.74, 6) is 3.05. The van der Waals surface area contributed by atoms with Gasteiger partial charge in [-0.3, -0.25) is 10.1 Å². The predicted octanol–water partition coefficient (Wildman–Crippen LogP) is 4.56. The van der Waals surface area contributed by atoms with E-state index in [-0.39, 0.29) is 17.0 Å². The third-order valence-corrected chi connectivity index (χ3v) is 6.62. The van der Waals surface area contributed by atoms with Crippen LogP contribution < -0.4 is 10.6 Å². The fourth-order valence-corrected chi connectivity index (χ4v) is 5.93. The SMILES string of the molecule is O=[N+]([O-])c1c(Nc2ccc(Cl)cn2)ncnc1NC12CC3CC(CC(C3)C1)C2. The van der Waals surface area contributed by atoms with Crippen molar-refractivity contribution in [1.29, 1.82) is 0 Å². The lowest BCUT2D eigenvalue weighted by molar-refractivity contribution is -0.383. The van der Waals surface area contributed by atoms with Crippen LogP contribution in [0.3, 0.4) is 0 Å². The molecule has 2 aromatic heterocycles. The van der Waals surface area contributed by atoms with Crippen LogP contribution in [0.4, 0.5) is 23.1 Å². The number of nitrogens with zero attached hydrogens (tertiary/aromatic N) is 4.